The second kappa shape index (κ2) is 14.6. The molecule has 4 aliphatic rings. The number of Topliss-reactive ketones (excluding diaryl/α,β-unsaturated/α-hetero) is 4. The van der Waals surface area contributed by atoms with Crippen molar-refractivity contribution in [1.82, 2.24) is 0 Å². The monoisotopic (exact) mass is 787 g/mol. The summed E-state index contributed by atoms with van der Waals surface area (Å²) in [5.41, 5.74) is -8.41. The highest BCUT2D eigenvalue weighted by Crippen LogP contribution is 2.57. The Hall–Kier alpha value is -5.20. The average molecular weight is 788 g/mol. The summed E-state index contributed by atoms with van der Waals surface area (Å²) >= 11 is 0. The Kier molecular flexibility index (Phi) is 10.3. The van der Waals surface area contributed by atoms with E-state index in [1.807, 2.05) is 0 Å². The number of ether oxygens (including phenoxy) is 6. The van der Waals surface area contributed by atoms with Crippen LogP contribution in [0.2, 0.25) is 0 Å². The lowest BCUT2D eigenvalue weighted by molar-refractivity contribution is -0.228. The molecular weight excluding hydrogens is 746 g/mol. The van der Waals surface area contributed by atoms with Gasteiger partial charge in [0.25, 0.3) is 0 Å². The van der Waals surface area contributed by atoms with Gasteiger partial charge in [-0.1, -0.05) is 36.4 Å². The zero-order valence-corrected chi connectivity index (χ0v) is 31.9. The number of hydrogen-bond donors (Lipinski definition) is 4. The molecule has 0 amide bonds. The normalized spacial score (nSPS) is 30.0. The number of aliphatic hydroxyl groups is 3. The Morgan fingerprint density at radius 3 is 2.26 bits per heavy atom. The molecule has 0 radical (unpaired) electrons. The van der Waals surface area contributed by atoms with Crippen molar-refractivity contribution in [1.29, 1.82) is 0 Å². The van der Waals surface area contributed by atoms with Crippen molar-refractivity contribution >= 4 is 34.8 Å². The molecular formula is C41H41NO15. The number of rotatable bonds is 8. The predicted octanol–water partition coefficient (Wildman–Crippen LogP) is 1.98. The van der Waals surface area contributed by atoms with Crippen LogP contribution in [-0.4, -0.2) is 126 Å². The molecule has 3 aliphatic carbocycles. The lowest BCUT2D eigenvalue weighted by Crippen LogP contribution is -2.73. The number of phenols is 1. The third-order valence-electron chi connectivity index (χ3n) is 11.4. The van der Waals surface area contributed by atoms with Gasteiger partial charge in [-0.25, -0.2) is 4.79 Å². The first-order chi connectivity index (χ1) is 27.1. The molecule has 8 atom stereocenters. The lowest BCUT2D eigenvalue weighted by atomic mass is 9.56. The Morgan fingerprint density at radius 2 is 1.63 bits per heavy atom. The van der Waals surface area contributed by atoms with Crippen LogP contribution in [0.1, 0.15) is 87.4 Å². The van der Waals surface area contributed by atoms with Gasteiger partial charge >= 0.3 is 5.97 Å². The number of nitrogens with zero attached hydrogens (tertiary/aromatic N) is 1. The SMILES string of the molecule is COC(=O)c1c(C)cc2c(c1OCc1ccccc1)[C@]1(O)C(=O)c3cc4c(c(O)c3C(=O)[C@]1(OC)[C@H](O)C2)C(=O)CC(=N[C@H]1O[C@@H](C)[C@H](OC)[C@@H](O)[C@H]1OC)C4=O. The largest absolute Gasteiger partial charge is 0.506 e. The number of aryl methyl sites for hydroxylation is 1. The third kappa shape index (κ3) is 5.69. The topological polar surface area (TPSA) is 234 Å². The molecule has 0 unspecified atom stereocenters. The van der Waals surface area contributed by atoms with Crippen molar-refractivity contribution in [2.75, 3.05) is 28.4 Å². The smallest absolute Gasteiger partial charge is 0.341 e. The van der Waals surface area contributed by atoms with Crippen LogP contribution in [0.15, 0.2) is 47.5 Å². The van der Waals surface area contributed by atoms with Crippen molar-refractivity contribution in [2.24, 2.45) is 4.99 Å². The number of esters is 1. The Bertz CT molecular complexity index is 2250. The molecule has 4 N–H and O–H groups in total. The lowest BCUT2D eigenvalue weighted by Gasteiger charge is -2.53. The summed E-state index contributed by atoms with van der Waals surface area (Å²) in [6.07, 6.45) is -8.13. The number of aliphatic hydroxyl groups excluding tert-OH is 2. The molecule has 0 bridgehead atoms. The summed E-state index contributed by atoms with van der Waals surface area (Å²) < 4.78 is 33.6. The highest BCUT2D eigenvalue weighted by molar-refractivity contribution is 6.53. The fourth-order valence-electron chi connectivity index (χ4n) is 8.75. The molecule has 3 aromatic carbocycles. The van der Waals surface area contributed by atoms with Gasteiger partial charge < -0.3 is 48.8 Å². The number of aromatic hydroxyl groups is 1. The molecule has 0 spiro atoms. The molecule has 57 heavy (non-hydrogen) atoms. The molecule has 1 heterocycles. The van der Waals surface area contributed by atoms with E-state index in [2.05, 4.69) is 4.99 Å². The van der Waals surface area contributed by atoms with Crippen LogP contribution in [0, 0.1) is 6.92 Å². The van der Waals surface area contributed by atoms with E-state index in [-0.39, 0.29) is 34.8 Å². The van der Waals surface area contributed by atoms with Crippen LogP contribution >= 0.6 is 0 Å². The fraction of sp³-hybridized carbons (Fsp3) is 0.415. The van der Waals surface area contributed by atoms with Crippen molar-refractivity contribution in [3.05, 3.63) is 92.5 Å². The molecule has 1 aliphatic heterocycles. The molecule has 16 nitrogen and oxygen atoms in total. The zero-order chi connectivity index (χ0) is 41.3. The van der Waals surface area contributed by atoms with Gasteiger partial charge in [0.15, 0.2) is 23.2 Å². The van der Waals surface area contributed by atoms with Crippen LogP contribution in [0.25, 0.3) is 0 Å². The maximum atomic E-state index is 15.1. The summed E-state index contributed by atoms with van der Waals surface area (Å²) in [5, 5.41) is 47.4. The second-order valence-electron chi connectivity index (χ2n) is 14.4. The van der Waals surface area contributed by atoms with Crippen molar-refractivity contribution in [3.8, 4) is 11.5 Å². The molecule has 1 saturated heterocycles. The van der Waals surface area contributed by atoms with Crippen LogP contribution < -0.4 is 4.74 Å². The minimum absolute atomic E-state index is 0.130. The number of carbonyl (C=O) groups is 5. The van der Waals surface area contributed by atoms with Gasteiger partial charge in [-0.15, -0.1) is 0 Å². The van der Waals surface area contributed by atoms with Crippen LogP contribution in [0.5, 0.6) is 11.5 Å². The van der Waals surface area contributed by atoms with E-state index in [0.717, 1.165) is 20.3 Å². The maximum absolute atomic E-state index is 15.1. The van der Waals surface area contributed by atoms with Crippen LogP contribution in [0.4, 0.5) is 0 Å². The standard InChI is InChI=1S/C41H41NO15/c1-17-12-20-13-25(44)41(55-6)37(49)28-22(36(48)40(41,51)29(20)34(26(17)39(50)54-5)56-16-19-10-8-7-9-11-19)14-21-27(31(28)46)24(43)15-23(30(21)45)42-38-35(53-4)32(47)33(52-3)18(2)57-38/h7-12,14,18,25,32-33,35,38,44,46-47,51H,13,15-16H2,1-6H3/t18-,25+,32+,33-,35+,38-,40-,41+/m0/s1. The number of phenolic OH excluding ortho intramolecular Hbond substituents is 1. The van der Waals surface area contributed by atoms with Gasteiger partial charge in [-0.05, 0) is 36.6 Å². The van der Waals surface area contributed by atoms with Gasteiger partial charge in [0.05, 0.1) is 42.6 Å². The zero-order valence-electron chi connectivity index (χ0n) is 31.9. The molecule has 0 aromatic heterocycles. The third-order valence-corrected chi connectivity index (χ3v) is 11.4. The van der Waals surface area contributed by atoms with Crippen LogP contribution in [-0.2, 0) is 42.3 Å². The molecule has 1 fully saturated rings. The average Bonchev–Trinajstić information content (AvgIpc) is 3.18. The molecule has 300 valence electrons. The first kappa shape index (κ1) is 40.0. The highest BCUT2D eigenvalue weighted by atomic mass is 16.6. The maximum Gasteiger partial charge on any atom is 0.341 e. The number of carbonyl (C=O) groups excluding carboxylic acids is 5. The second-order valence-corrected chi connectivity index (χ2v) is 14.4. The van der Waals surface area contributed by atoms with E-state index in [4.69, 9.17) is 28.4 Å². The predicted molar refractivity (Wildman–Crippen MR) is 196 cm³/mol. The molecule has 7 rings (SSSR count). The summed E-state index contributed by atoms with van der Waals surface area (Å²) in [6, 6.07) is 11.1. The Morgan fingerprint density at radius 1 is 0.947 bits per heavy atom. The number of hydrogen-bond acceptors (Lipinski definition) is 16. The molecule has 0 saturated carbocycles. The number of benzene rings is 3. The van der Waals surface area contributed by atoms with Crippen molar-refractivity contribution < 1.29 is 72.8 Å². The highest BCUT2D eigenvalue weighted by Gasteiger charge is 2.73. The Balaban J connectivity index is 1.42. The van der Waals surface area contributed by atoms with E-state index < -0.39 is 118 Å². The van der Waals surface area contributed by atoms with Gasteiger partial charge in [0, 0.05) is 44.4 Å². The van der Waals surface area contributed by atoms with Gasteiger partial charge in [-0.2, -0.15) is 0 Å². The van der Waals surface area contributed by atoms with E-state index in [1.165, 1.54) is 20.3 Å². The van der Waals surface area contributed by atoms with E-state index in [1.54, 1.807) is 44.2 Å². The summed E-state index contributed by atoms with van der Waals surface area (Å²) in [4.78, 5) is 75.6. The van der Waals surface area contributed by atoms with Crippen LogP contribution in [0.3, 0.4) is 0 Å². The molecule has 16 heteroatoms. The van der Waals surface area contributed by atoms with Gasteiger partial charge in [-0.3, -0.25) is 24.2 Å². The number of methoxy groups -OCH3 is 4. The van der Waals surface area contributed by atoms with Crippen molar-refractivity contribution in [3.63, 3.8) is 0 Å². The minimum atomic E-state index is -3.16. The number of fused-ring (bicyclic) bond motifs is 5. The first-order valence-corrected chi connectivity index (χ1v) is 18.0. The summed E-state index contributed by atoms with van der Waals surface area (Å²) in [6.45, 7) is 3.00. The number of aliphatic imine (C=N–C) groups is 1. The van der Waals surface area contributed by atoms with Crippen molar-refractivity contribution in [2.45, 2.75) is 81.2 Å². The summed E-state index contributed by atoms with van der Waals surface area (Å²) in [5.74, 6) is -6.62. The van der Waals surface area contributed by atoms with Gasteiger partial charge in [0.1, 0.15) is 42.0 Å². The fourth-order valence-corrected chi connectivity index (χ4v) is 8.75. The van der Waals surface area contributed by atoms with E-state index >= 15 is 4.79 Å². The van der Waals surface area contributed by atoms with E-state index in [0.29, 0.717) is 11.1 Å². The molecule has 3 aromatic rings. The summed E-state index contributed by atoms with van der Waals surface area (Å²) in [7, 11) is 4.78. The van der Waals surface area contributed by atoms with Gasteiger partial charge in [0.2, 0.25) is 17.3 Å². The van der Waals surface area contributed by atoms with E-state index in [9.17, 15) is 39.6 Å². The number of ketones is 4. The minimum Gasteiger partial charge on any atom is -0.506 e. The quantitative estimate of drug-likeness (QED) is 0.239. The first-order valence-electron chi connectivity index (χ1n) is 18.0. The Labute approximate surface area is 325 Å².